The molecule has 2 N–H and O–H groups in total. The number of nitrogen functional groups attached to an aromatic ring is 1. The molecule has 1 aliphatic rings. The topological polar surface area (TPSA) is 74.2 Å². The smallest absolute Gasteiger partial charge is 0.258 e. The van der Waals surface area contributed by atoms with Gasteiger partial charge < -0.3 is 15.0 Å². The molecule has 2 aromatic rings. The van der Waals surface area contributed by atoms with E-state index in [-0.39, 0.29) is 6.10 Å². The van der Waals surface area contributed by atoms with Crippen LogP contribution in [0.4, 0.5) is 5.69 Å². The minimum absolute atomic E-state index is 0.0537. The molecule has 1 aromatic heterocycles. The third kappa shape index (κ3) is 2.86. The Morgan fingerprint density at radius 1 is 1.45 bits per heavy atom. The second-order valence-corrected chi connectivity index (χ2v) is 5.86. The summed E-state index contributed by atoms with van der Waals surface area (Å²) >= 11 is 3.41. The first-order valence-corrected chi connectivity index (χ1v) is 7.48. The molecule has 1 saturated carbocycles. The van der Waals surface area contributed by atoms with Crippen LogP contribution >= 0.6 is 15.9 Å². The summed E-state index contributed by atoms with van der Waals surface area (Å²) in [6.45, 7) is 2.63. The third-order valence-electron chi connectivity index (χ3n) is 3.26. The van der Waals surface area contributed by atoms with Crippen molar-refractivity contribution >= 4 is 21.6 Å². The number of benzene rings is 1. The Balaban J connectivity index is 1.88. The summed E-state index contributed by atoms with van der Waals surface area (Å²) in [6, 6.07) is 5.54. The molecule has 0 aliphatic heterocycles. The number of aromatic nitrogens is 2. The van der Waals surface area contributed by atoms with E-state index in [1.807, 2.05) is 25.1 Å². The predicted molar refractivity (Wildman–Crippen MR) is 78.9 cm³/mol. The van der Waals surface area contributed by atoms with E-state index >= 15 is 0 Å². The van der Waals surface area contributed by atoms with Gasteiger partial charge in [-0.3, -0.25) is 0 Å². The maximum Gasteiger partial charge on any atom is 0.258 e. The van der Waals surface area contributed by atoms with Gasteiger partial charge in [0.05, 0.1) is 0 Å². The Kier molecular flexibility index (Phi) is 3.76. The maximum absolute atomic E-state index is 5.82. The molecular formula is C14H16BrN3O2. The standard InChI is InChI=1S/C14H16BrN3O2/c1-2-19-12(8-3-4-8)13-17-14(20-18-13)9-5-10(15)7-11(16)6-9/h5-8,12H,2-4,16H2,1H3. The molecule has 1 aromatic carbocycles. The molecule has 0 amide bonds. The predicted octanol–water partition coefficient (Wildman–Crippen LogP) is 3.57. The van der Waals surface area contributed by atoms with Crippen LogP contribution in [0.5, 0.6) is 0 Å². The molecule has 0 saturated heterocycles. The minimum Gasteiger partial charge on any atom is -0.399 e. The van der Waals surface area contributed by atoms with Crippen LogP contribution in [0.15, 0.2) is 27.2 Å². The van der Waals surface area contributed by atoms with Gasteiger partial charge >= 0.3 is 0 Å². The first-order chi connectivity index (χ1) is 9.67. The van der Waals surface area contributed by atoms with Gasteiger partial charge in [-0.2, -0.15) is 4.98 Å². The van der Waals surface area contributed by atoms with Crippen LogP contribution in [0.25, 0.3) is 11.5 Å². The monoisotopic (exact) mass is 337 g/mol. The molecule has 3 rings (SSSR count). The quantitative estimate of drug-likeness (QED) is 0.844. The molecule has 1 heterocycles. The summed E-state index contributed by atoms with van der Waals surface area (Å²) in [5.74, 6) is 1.62. The van der Waals surface area contributed by atoms with E-state index in [4.69, 9.17) is 15.0 Å². The molecule has 1 unspecified atom stereocenters. The number of anilines is 1. The van der Waals surface area contributed by atoms with Crippen molar-refractivity contribution in [2.24, 2.45) is 5.92 Å². The molecule has 0 bridgehead atoms. The summed E-state index contributed by atoms with van der Waals surface area (Å²) in [4.78, 5) is 4.46. The number of hydrogen-bond acceptors (Lipinski definition) is 5. The number of ether oxygens (including phenoxy) is 1. The lowest BCUT2D eigenvalue weighted by Gasteiger charge is -2.10. The van der Waals surface area contributed by atoms with Crippen LogP contribution in [0, 0.1) is 5.92 Å². The summed E-state index contributed by atoms with van der Waals surface area (Å²) < 4.78 is 12.0. The first-order valence-electron chi connectivity index (χ1n) is 6.69. The van der Waals surface area contributed by atoms with Gasteiger partial charge in [-0.1, -0.05) is 21.1 Å². The first kappa shape index (κ1) is 13.6. The second kappa shape index (κ2) is 5.54. The van der Waals surface area contributed by atoms with Gasteiger partial charge in [-0.15, -0.1) is 0 Å². The summed E-state index contributed by atoms with van der Waals surface area (Å²) in [5, 5.41) is 4.06. The van der Waals surface area contributed by atoms with Gasteiger partial charge in [0.1, 0.15) is 6.10 Å². The molecule has 106 valence electrons. The van der Waals surface area contributed by atoms with Gasteiger partial charge in [0.2, 0.25) is 5.82 Å². The number of rotatable bonds is 5. The number of hydrogen-bond donors (Lipinski definition) is 1. The molecule has 20 heavy (non-hydrogen) atoms. The van der Waals surface area contributed by atoms with Crippen molar-refractivity contribution in [1.82, 2.24) is 10.1 Å². The lowest BCUT2D eigenvalue weighted by Crippen LogP contribution is -2.08. The number of halogens is 1. The van der Waals surface area contributed by atoms with Crippen LogP contribution in [0.1, 0.15) is 31.7 Å². The van der Waals surface area contributed by atoms with Crippen molar-refractivity contribution in [3.8, 4) is 11.5 Å². The largest absolute Gasteiger partial charge is 0.399 e. The number of nitrogens with zero attached hydrogens (tertiary/aromatic N) is 2. The van der Waals surface area contributed by atoms with E-state index in [0.29, 0.717) is 29.9 Å². The Bertz CT molecular complexity index is 590. The molecule has 1 atom stereocenters. The van der Waals surface area contributed by atoms with E-state index in [1.165, 1.54) is 12.8 Å². The molecule has 0 radical (unpaired) electrons. The van der Waals surface area contributed by atoms with Crippen molar-refractivity contribution in [1.29, 1.82) is 0 Å². The fraction of sp³-hybridized carbons (Fsp3) is 0.429. The third-order valence-corrected chi connectivity index (χ3v) is 3.72. The highest BCUT2D eigenvalue weighted by molar-refractivity contribution is 9.10. The zero-order valence-corrected chi connectivity index (χ0v) is 12.8. The highest BCUT2D eigenvalue weighted by atomic mass is 79.9. The van der Waals surface area contributed by atoms with E-state index < -0.39 is 0 Å². The molecule has 1 fully saturated rings. The van der Waals surface area contributed by atoms with Crippen molar-refractivity contribution < 1.29 is 9.26 Å². The maximum atomic E-state index is 5.82. The summed E-state index contributed by atoms with van der Waals surface area (Å²) in [5.41, 5.74) is 7.28. The average Bonchev–Trinajstić information content (AvgIpc) is 3.11. The summed E-state index contributed by atoms with van der Waals surface area (Å²) in [6.07, 6.45) is 2.28. The van der Waals surface area contributed by atoms with Gasteiger partial charge in [0, 0.05) is 22.3 Å². The van der Waals surface area contributed by atoms with Crippen molar-refractivity contribution in [3.63, 3.8) is 0 Å². The molecule has 6 heteroatoms. The normalized spacial score (nSPS) is 16.3. The van der Waals surface area contributed by atoms with Gasteiger partial charge in [-0.25, -0.2) is 0 Å². The Morgan fingerprint density at radius 2 is 2.25 bits per heavy atom. The highest BCUT2D eigenvalue weighted by Gasteiger charge is 2.36. The second-order valence-electron chi connectivity index (χ2n) is 4.94. The molecular weight excluding hydrogens is 322 g/mol. The van der Waals surface area contributed by atoms with Crippen LogP contribution in [0.2, 0.25) is 0 Å². The van der Waals surface area contributed by atoms with Gasteiger partial charge in [0.15, 0.2) is 0 Å². The van der Waals surface area contributed by atoms with Crippen LogP contribution in [-0.2, 0) is 4.74 Å². The van der Waals surface area contributed by atoms with Crippen molar-refractivity contribution in [2.45, 2.75) is 25.9 Å². The zero-order valence-electron chi connectivity index (χ0n) is 11.2. The number of nitrogens with two attached hydrogens (primary N) is 1. The molecule has 0 spiro atoms. The average molecular weight is 338 g/mol. The Hall–Kier alpha value is -1.40. The SMILES string of the molecule is CCOC(c1noc(-c2cc(N)cc(Br)c2)n1)C1CC1. The van der Waals surface area contributed by atoms with E-state index in [0.717, 1.165) is 10.0 Å². The molecule has 1 aliphatic carbocycles. The minimum atomic E-state index is -0.0537. The van der Waals surface area contributed by atoms with E-state index in [9.17, 15) is 0 Å². The van der Waals surface area contributed by atoms with Crippen molar-refractivity contribution in [2.75, 3.05) is 12.3 Å². The lowest BCUT2D eigenvalue weighted by molar-refractivity contribution is 0.0385. The fourth-order valence-electron chi connectivity index (χ4n) is 2.20. The van der Waals surface area contributed by atoms with E-state index in [2.05, 4.69) is 26.1 Å². The van der Waals surface area contributed by atoms with Crippen LogP contribution in [0.3, 0.4) is 0 Å². The van der Waals surface area contributed by atoms with E-state index in [1.54, 1.807) is 0 Å². The Labute approximate surface area is 125 Å². The lowest BCUT2D eigenvalue weighted by atomic mass is 10.2. The Morgan fingerprint density at radius 3 is 2.90 bits per heavy atom. The molecule has 5 nitrogen and oxygen atoms in total. The zero-order chi connectivity index (χ0) is 14.1. The van der Waals surface area contributed by atoms with Gasteiger partial charge in [-0.05, 0) is 43.9 Å². The van der Waals surface area contributed by atoms with Crippen LogP contribution in [-0.4, -0.2) is 16.7 Å². The highest BCUT2D eigenvalue weighted by Crippen LogP contribution is 2.42. The van der Waals surface area contributed by atoms with Crippen molar-refractivity contribution in [3.05, 3.63) is 28.5 Å². The van der Waals surface area contributed by atoms with Crippen LogP contribution < -0.4 is 5.73 Å². The fourth-order valence-corrected chi connectivity index (χ4v) is 2.71. The summed E-state index contributed by atoms with van der Waals surface area (Å²) in [7, 11) is 0. The van der Waals surface area contributed by atoms with Gasteiger partial charge in [0.25, 0.3) is 5.89 Å².